The van der Waals surface area contributed by atoms with E-state index in [2.05, 4.69) is 26.3 Å². The van der Waals surface area contributed by atoms with E-state index < -0.39 is 0 Å². The van der Waals surface area contributed by atoms with E-state index >= 15 is 0 Å². The van der Waals surface area contributed by atoms with Crippen molar-refractivity contribution in [2.45, 2.75) is 24.8 Å². The van der Waals surface area contributed by atoms with Gasteiger partial charge in [0.2, 0.25) is 0 Å². The lowest BCUT2D eigenvalue weighted by Gasteiger charge is -2.27. The lowest BCUT2D eigenvalue weighted by Crippen LogP contribution is -2.29. The van der Waals surface area contributed by atoms with Crippen molar-refractivity contribution >= 4 is 23.5 Å². The predicted octanol–water partition coefficient (Wildman–Crippen LogP) is 2.67. The SMILES string of the molecule is CCOC(=O)C1C2CN(CC3=CC4=C(CC3)Sc3nccnc3N4)C[C@@H]21. The van der Waals surface area contributed by atoms with Gasteiger partial charge in [0.1, 0.15) is 5.03 Å². The van der Waals surface area contributed by atoms with E-state index in [1.54, 1.807) is 24.2 Å². The number of hydrogen-bond donors (Lipinski definition) is 1. The Bertz CT molecular complexity index is 810. The van der Waals surface area contributed by atoms with Gasteiger partial charge in [0.05, 0.1) is 12.5 Å². The third kappa shape index (κ3) is 2.83. The van der Waals surface area contributed by atoms with Crippen LogP contribution in [-0.2, 0) is 9.53 Å². The smallest absolute Gasteiger partial charge is 0.309 e. The number of anilines is 1. The summed E-state index contributed by atoms with van der Waals surface area (Å²) in [6.07, 6.45) is 7.90. The predicted molar refractivity (Wildman–Crippen MR) is 99.4 cm³/mol. The molecule has 1 aromatic rings. The van der Waals surface area contributed by atoms with E-state index in [-0.39, 0.29) is 11.9 Å². The third-order valence-corrected chi connectivity index (χ3v) is 6.88. The van der Waals surface area contributed by atoms with Crippen molar-refractivity contribution in [3.05, 3.63) is 34.6 Å². The highest BCUT2D eigenvalue weighted by atomic mass is 32.2. The van der Waals surface area contributed by atoms with Crippen molar-refractivity contribution in [3.8, 4) is 0 Å². The highest BCUT2D eigenvalue weighted by molar-refractivity contribution is 8.03. The van der Waals surface area contributed by atoms with Gasteiger partial charge in [0.25, 0.3) is 0 Å². The molecule has 2 fully saturated rings. The Morgan fingerprint density at radius 1 is 1.31 bits per heavy atom. The van der Waals surface area contributed by atoms with E-state index in [4.69, 9.17) is 4.74 Å². The van der Waals surface area contributed by atoms with E-state index in [1.165, 1.54) is 16.2 Å². The van der Waals surface area contributed by atoms with E-state index in [1.807, 2.05) is 6.92 Å². The number of ether oxygens (including phenoxy) is 1. The number of piperidine rings is 1. The fraction of sp³-hybridized carbons (Fsp3) is 0.526. The standard InChI is InChI=1S/C19H22N4O2S/c1-2-25-19(24)16-12-9-23(10-13(12)16)8-11-3-4-15-14(7-11)22-17-18(26-15)21-6-5-20-17/h5-7,12-13,16H,2-4,8-10H2,1H3,(H,20,22)/t12-,13?,16?/m0/s1. The Hall–Kier alpha value is -1.86. The first-order valence-electron chi connectivity index (χ1n) is 9.30. The number of rotatable bonds is 4. The molecule has 4 aliphatic rings. The molecule has 1 aromatic heterocycles. The second-order valence-corrected chi connectivity index (χ2v) is 8.46. The molecule has 0 aromatic carbocycles. The molecule has 0 amide bonds. The first kappa shape index (κ1) is 16.3. The van der Waals surface area contributed by atoms with Crippen LogP contribution in [0.25, 0.3) is 0 Å². The number of carbonyl (C=O) groups is 1. The van der Waals surface area contributed by atoms with Gasteiger partial charge in [-0.1, -0.05) is 17.3 Å². The molecule has 3 atom stereocenters. The maximum atomic E-state index is 11.9. The molecular formula is C19H22N4O2S. The first-order valence-corrected chi connectivity index (χ1v) is 10.1. The minimum absolute atomic E-state index is 0.0111. The number of esters is 1. The van der Waals surface area contributed by atoms with Gasteiger partial charge in [-0.25, -0.2) is 9.97 Å². The van der Waals surface area contributed by atoms with E-state index in [0.29, 0.717) is 18.4 Å². The van der Waals surface area contributed by atoms with Gasteiger partial charge in [-0.3, -0.25) is 9.69 Å². The summed E-state index contributed by atoms with van der Waals surface area (Å²) in [7, 11) is 0. The molecule has 1 N–H and O–H groups in total. The van der Waals surface area contributed by atoms with E-state index in [9.17, 15) is 4.79 Å². The topological polar surface area (TPSA) is 67.3 Å². The zero-order chi connectivity index (χ0) is 17.7. The summed E-state index contributed by atoms with van der Waals surface area (Å²) < 4.78 is 5.18. The molecule has 2 aliphatic heterocycles. The summed E-state index contributed by atoms with van der Waals surface area (Å²) in [5, 5.41) is 4.40. The van der Waals surface area contributed by atoms with Crippen LogP contribution in [0.15, 0.2) is 39.7 Å². The maximum absolute atomic E-state index is 11.9. The fourth-order valence-electron chi connectivity index (χ4n) is 4.45. The van der Waals surface area contributed by atoms with Crippen LogP contribution >= 0.6 is 11.8 Å². The number of nitrogens with zero attached hydrogens (tertiary/aromatic N) is 3. The van der Waals surface area contributed by atoms with Crippen molar-refractivity contribution in [1.29, 1.82) is 0 Å². The molecule has 26 heavy (non-hydrogen) atoms. The van der Waals surface area contributed by atoms with Crippen LogP contribution in [0.5, 0.6) is 0 Å². The molecule has 6 nitrogen and oxygen atoms in total. The lowest BCUT2D eigenvalue weighted by molar-refractivity contribution is -0.145. The van der Waals surface area contributed by atoms with Gasteiger partial charge >= 0.3 is 5.97 Å². The number of nitrogens with one attached hydrogen (secondary N) is 1. The Kier molecular flexibility index (Phi) is 4.01. The molecule has 1 saturated carbocycles. The molecule has 2 aliphatic carbocycles. The Balaban J connectivity index is 1.21. The molecule has 2 unspecified atom stereocenters. The van der Waals surface area contributed by atoms with Gasteiger partial charge in [0.15, 0.2) is 5.82 Å². The number of fused-ring (bicyclic) bond motifs is 2. The number of hydrogen-bond acceptors (Lipinski definition) is 7. The van der Waals surface area contributed by atoms with Gasteiger partial charge in [0, 0.05) is 42.6 Å². The summed E-state index contributed by atoms with van der Waals surface area (Å²) >= 11 is 1.74. The molecule has 1 saturated heterocycles. The second-order valence-electron chi connectivity index (χ2n) is 7.38. The minimum Gasteiger partial charge on any atom is -0.466 e. The highest BCUT2D eigenvalue weighted by Crippen LogP contribution is 2.52. The van der Waals surface area contributed by atoms with Crippen molar-refractivity contribution < 1.29 is 9.53 Å². The molecule has 0 radical (unpaired) electrons. The second kappa shape index (κ2) is 6.39. The highest BCUT2D eigenvalue weighted by Gasteiger charge is 2.60. The fourth-order valence-corrected chi connectivity index (χ4v) is 5.42. The maximum Gasteiger partial charge on any atom is 0.309 e. The Morgan fingerprint density at radius 2 is 2.12 bits per heavy atom. The normalized spacial score (nSPS) is 29.3. The van der Waals surface area contributed by atoms with Crippen LogP contribution in [0.3, 0.4) is 0 Å². The number of allylic oxidation sites excluding steroid dienone is 2. The lowest BCUT2D eigenvalue weighted by atomic mass is 10.0. The molecule has 0 spiro atoms. The monoisotopic (exact) mass is 370 g/mol. The number of likely N-dealkylation sites (tertiary alicyclic amines) is 1. The Morgan fingerprint density at radius 3 is 2.92 bits per heavy atom. The van der Waals surface area contributed by atoms with Crippen LogP contribution < -0.4 is 5.32 Å². The van der Waals surface area contributed by atoms with Crippen molar-refractivity contribution in [2.24, 2.45) is 17.8 Å². The summed E-state index contributed by atoms with van der Waals surface area (Å²) in [6, 6.07) is 0. The molecule has 136 valence electrons. The summed E-state index contributed by atoms with van der Waals surface area (Å²) in [5.74, 6) is 2.05. The number of aromatic nitrogens is 2. The van der Waals surface area contributed by atoms with Crippen molar-refractivity contribution in [2.75, 3.05) is 31.6 Å². The van der Waals surface area contributed by atoms with Crippen LogP contribution in [0.2, 0.25) is 0 Å². The summed E-state index contributed by atoms with van der Waals surface area (Å²) in [4.78, 5) is 24.5. The largest absolute Gasteiger partial charge is 0.466 e. The third-order valence-electron chi connectivity index (χ3n) is 5.71. The van der Waals surface area contributed by atoms with Crippen molar-refractivity contribution in [1.82, 2.24) is 14.9 Å². The van der Waals surface area contributed by atoms with Crippen LogP contribution in [-0.4, -0.2) is 47.1 Å². The average Bonchev–Trinajstić information content (AvgIpc) is 3.16. The molecule has 7 heteroatoms. The molecule has 5 rings (SSSR count). The molecule has 3 heterocycles. The molecule has 0 bridgehead atoms. The minimum atomic E-state index is 0.0111. The van der Waals surface area contributed by atoms with Gasteiger partial charge < -0.3 is 10.1 Å². The van der Waals surface area contributed by atoms with Crippen molar-refractivity contribution in [3.63, 3.8) is 0 Å². The van der Waals surface area contributed by atoms with Gasteiger partial charge in [-0.2, -0.15) is 0 Å². The van der Waals surface area contributed by atoms with Gasteiger partial charge in [-0.05, 0) is 37.7 Å². The molecular weight excluding hydrogens is 348 g/mol. The van der Waals surface area contributed by atoms with Crippen LogP contribution in [0, 0.1) is 17.8 Å². The van der Waals surface area contributed by atoms with Crippen LogP contribution in [0.1, 0.15) is 19.8 Å². The zero-order valence-corrected chi connectivity index (χ0v) is 15.6. The van der Waals surface area contributed by atoms with E-state index in [0.717, 1.165) is 43.3 Å². The van der Waals surface area contributed by atoms with Gasteiger partial charge in [-0.15, -0.1) is 0 Å². The first-order chi connectivity index (χ1) is 12.7. The number of carbonyl (C=O) groups excluding carboxylic acids is 1. The number of thioether (sulfide) groups is 1. The zero-order valence-electron chi connectivity index (χ0n) is 14.8. The summed E-state index contributed by atoms with van der Waals surface area (Å²) in [6.45, 7) is 5.41. The summed E-state index contributed by atoms with van der Waals surface area (Å²) in [5.41, 5.74) is 2.64. The Labute approximate surface area is 157 Å². The van der Waals surface area contributed by atoms with Crippen LogP contribution in [0.4, 0.5) is 5.82 Å². The average molecular weight is 370 g/mol. The quantitative estimate of drug-likeness (QED) is 0.817.